The molecule has 1 saturated carbocycles. The number of carbonyl (C=O) groups excluding carboxylic acids is 1. The van der Waals surface area contributed by atoms with E-state index in [1.54, 1.807) is 18.4 Å². The molecule has 5 N–H and O–H groups in total. The number of aryl methyl sites for hydroxylation is 1. The van der Waals surface area contributed by atoms with Crippen molar-refractivity contribution in [3.8, 4) is 16.2 Å². The average Bonchev–Trinajstić information content (AvgIpc) is 3.60. The van der Waals surface area contributed by atoms with Crippen molar-refractivity contribution in [2.75, 3.05) is 7.11 Å². The van der Waals surface area contributed by atoms with Gasteiger partial charge in [0.2, 0.25) is 11.3 Å². The predicted octanol–water partition coefficient (Wildman–Crippen LogP) is 4.71. The Kier molecular flexibility index (Phi) is 6.85. The number of amides is 1. The van der Waals surface area contributed by atoms with E-state index in [2.05, 4.69) is 30.2 Å². The molecule has 0 radical (unpaired) electrons. The molecule has 0 bridgehead atoms. The molecule has 2 aliphatic rings. The number of carbonyl (C=O) groups is 2. The summed E-state index contributed by atoms with van der Waals surface area (Å²) >= 11 is 1.70. The van der Waals surface area contributed by atoms with Crippen LogP contribution < -0.4 is 21.2 Å². The van der Waals surface area contributed by atoms with E-state index in [-0.39, 0.29) is 17.5 Å². The highest BCUT2D eigenvalue weighted by Gasteiger charge is 2.33. The Balaban J connectivity index is 1.60. The Hall–Kier alpha value is -3.17. The first kappa shape index (κ1) is 25.5. The van der Waals surface area contributed by atoms with Crippen LogP contribution in [0.15, 0.2) is 23.1 Å². The molecule has 196 valence electrons. The van der Waals surface area contributed by atoms with Crippen LogP contribution in [0.3, 0.4) is 0 Å². The first-order chi connectivity index (χ1) is 17.7. The van der Waals surface area contributed by atoms with Gasteiger partial charge in [-0.05, 0) is 73.6 Å². The van der Waals surface area contributed by atoms with Gasteiger partial charge >= 0.3 is 5.97 Å². The number of ether oxygens (including phenoxy) is 1. The number of H-pyrrole nitrogens is 1. The number of carboxylic acid groups (broad SMARTS) is 1. The Labute approximate surface area is 219 Å². The standard InChI is InChI=1S/C28H33N3O5S/c1-13(2)9-19(29)27(33)31-20-5-4-6-21-16(20)11-22(37-21)23-15(14-7-8-14)10-17-24(26(23)36-3)30-12-18(25(17)32)28(34)35/h10-14,19-20H,4-9,29H2,1-3H3,(H,30,32)(H,31,33)(H,34,35)/t19-,20?/m0/s1. The zero-order chi connectivity index (χ0) is 26.4. The molecule has 2 atom stereocenters. The molecule has 37 heavy (non-hydrogen) atoms. The number of pyridine rings is 1. The van der Waals surface area contributed by atoms with Crippen LogP contribution in [0, 0.1) is 5.92 Å². The van der Waals surface area contributed by atoms with Gasteiger partial charge in [0.05, 0.1) is 30.1 Å². The number of hydrogen-bond donors (Lipinski definition) is 4. The summed E-state index contributed by atoms with van der Waals surface area (Å²) in [5, 5.41) is 13.0. The van der Waals surface area contributed by atoms with Crippen LogP contribution in [0.4, 0.5) is 0 Å². The maximum absolute atomic E-state index is 13.0. The van der Waals surface area contributed by atoms with Crippen LogP contribution in [-0.2, 0) is 11.2 Å². The fourth-order valence-electron chi connectivity index (χ4n) is 5.41. The topological polar surface area (TPSA) is 135 Å². The molecule has 0 spiro atoms. The van der Waals surface area contributed by atoms with Gasteiger partial charge in [-0.15, -0.1) is 11.3 Å². The van der Waals surface area contributed by atoms with Crippen molar-refractivity contribution in [1.29, 1.82) is 0 Å². The fourth-order valence-corrected chi connectivity index (χ4v) is 6.74. The third-order valence-corrected chi connectivity index (χ3v) is 8.58. The van der Waals surface area contributed by atoms with E-state index in [0.29, 0.717) is 34.9 Å². The molecule has 0 aliphatic heterocycles. The van der Waals surface area contributed by atoms with Gasteiger partial charge in [0.25, 0.3) is 0 Å². The zero-order valence-electron chi connectivity index (χ0n) is 21.3. The lowest BCUT2D eigenvalue weighted by Crippen LogP contribution is -2.43. The summed E-state index contributed by atoms with van der Waals surface area (Å²) in [5.41, 5.74) is 8.92. The highest BCUT2D eigenvalue weighted by Crippen LogP contribution is 2.52. The number of carboxylic acids is 1. The van der Waals surface area contributed by atoms with Gasteiger partial charge in [-0.2, -0.15) is 0 Å². The Morgan fingerprint density at radius 3 is 2.65 bits per heavy atom. The van der Waals surface area contributed by atoms with Gasteiger partial charge in [-0.3, -0.25) is 9.59 Å². The number of hydrogen-bond acceptors (Lipinski definition) is 6. The molecule has 2 aliphatic carbocycles. The summed E-state index contributed by atoms with van der Waals surface area (Å²) in [5.74, 6) is -0.189. The molecule has 1 fully saturated rings. The quantitative estimate of drug-likeness (QED) is 0.338. The maximum atomic E-state index is 13.0. The maximum Gasteiger partial charge on any atom is 0.341 e. The summed E-state index contributed by atoms with van der Waals surface area (Å²) in [6.45, 7) is 4.11. The molecule has 5 rings (SSSR count). The first-order valence-corrected chi connectivity index (χ1v) is 13.7. The van der Waals surface area contributed by atoms with Crippen LogP contribution in [0.2, 0.25) is 0 Å². The number of aromatic nitrogens is 1. The van der Waals surface area contributed by atoms with Gasteiger partial charge in [-0.25, -0.2) is 4.79 Å². The highest BCUT2D eigenvalue weighted by atomic mass is 32.1. The lowest BCUT2D eigenvalue weighted by molar-refractivity contribution is -0.123. The fraction of sp³-hybridized carbons (Fsp3) is 0.464. The number of nitrogens with two attached hydrogens (primary N) is 1. The molecule has 1 unspecified atom stereocenters. The van der Waals surface area contributed by atoms with Gasteiger partial charge in [-0.1, -0.05) is 13.8 Å². The van der Waals surface area contributed by atoms with Crippen LogP contribution in [-0.4, -0.2) is 35.1 Å². The highest BCUT2D eigenvalue weighted by molar-refractivity contribution is 7.15. The monoisotopic (exact) mass is 523 g/mol. The third-order valence-electron chi connectivity index (χ3n) is 7.35. The summed E-state index contributed by atoms with van der Waals surface area (Å²) < 4.78 is 5.88. The molecule has 2 heterocycles. The van der Waals surface area contributed by atoms with Crippen molar-refractivity contribution in [2.24, 2.45) is 11.7 Å². The second kappa shape index (κ2) is 9.95. The van der Waals surface area contributed by atoms with Crippen LogP contribution in [0.1, 0.15) is 84.3 Å². The third kappa shape index (κ3) is 4.78. The number of fused-ring (bicyclic) bond motifs is 2. The summed E-state index contributed by atoms with van der Waals surface area (Å²) in [4.78, 5) is 42.7. The van der Waals surface area contributed by atoms with E-state index in [4.69, 9.17) is 10.5 Å². The lowest BCUT2D eigenvalue weighted by Gasteiger charge is -2.25. The number of aromatic amines is 1. The van der Waals surface area contributed by atoms with Crippen LogP contribution in [0.5, 0.6) is 5.75 Å². The Bertz CT molecular complexity index is 1440. The van der Waals surface area contributed by atoms with E-state index in [1.165, 1.54) is 11.1 Å². The summed E-state index contributed by atoms with van der Waals surface area (Å²) in [7, 11) is 1.57. The van der Waals surface area contributed by atoms with Crippen molar-refractivity contribution in [3.05, 3.63) is 50.1 Å². The molecule has 2 aromatic heterocycles. The molecule has 9 heteroatoms. The number of aromatic carboxylic acids is 1. The molecule has 1 amide bonds. The van der Waals surface area contributed by atoms with Crippen LogP contribution >= 0.6 is 11.3 Å². The molecule has 0 saturated heterocycles. The number of thiophene rings is 1. The molecule has 1 aromatic carbocycles. The van der Waals surface area contributed by atoms with Crippen molar-refractivity contribution in [3.63, 3.8) is 0 Å². The van der Waals surface area contributed by atoms with Gasteiger partial charge < -0.3 is 25.9 Å². The van der Waals surface area contributed by atoms with Crippen molar-refractivity contribution >= 4 is 34.1 Å². The second-order valence-corrected chi connectivity index (χ2v) is 11.7. The van der Waals surface area contributed by atoms with E-state index in [0.717, 1.165) is 53.7 Å². The van der Waals surface area contributed by atoms with E-state index >= 15 is 0 Å². The molecule has 8 nitrogen and oxygen atoms in total. The van der Waals surface area contributed by atoms with Crippen molar-refractivity contribution < 1.29 is 19.4 Å². The van der Waals surface area contributed by atoms with Crippen LogP contribution in [0.25, 0.3) is 21.3 Å². The molecule has 3 aromatic rings. The Morgan fingerprint density at radius 1 is 1.24 bits per heavy atom. The zero-order valence-corrected chi connectivity index (χ0v) is 22.2. The first-order valence-electron chi connectivity index (χ1n) is 12.9. The lowest BCUT2D eigenvalue weighted by atomic mass is 9.91. The van der Waals surface area contributed by atoms with Crippen molar-refractivity contribution in [2.45, 2.75) is 70.4 Å². The SMILES string of the molecule is COc1c(-c2cc3c(s2)CCCC3NC(=O)[C@@H](N)CC(C)C)c(C2CC2)cc2c(=O)c(C(=O)O)c[nH]c12. The smallest absolute Gasteiger partial charge is 0.341 e. The summed E-state index contributed by atoms with van der Waals surface area (Å²) in [6.07, 6.45) is 6.68. The van der Waals surface area contributed by atoms with E-state index < -0.39 is 17.4 Å². The number of methoxy groups -OCH3 is 1. The minimum absolute atomic E-state index is 0.0896. The number of nitrogens with one attached hydrogen (secondary N) is 2. The minimum atomic E-state index is -1.26. The van der Waals surface area contributed by atoms with Crippen molar-refractivity contribution in [1.82, 2.24) is 10.3 Å². The number of benzene rings is 1. The largest absolute Gasteiger partial charge is 0.494 e. The predicted molar refractivity (Wildman–Crippen MR) is 145 cm³/mol. The van der Waals surface area contributed by atoms with Gasteiger partial charge in [0.1, 0.15) is 5.56 Å². The molecular weight excluding hydrogens is 490 g/mol. The second-order valence-electron chi connectivity index (χ2n) is 10.6. The van der Waals surface area contributed by atoms with Gasteiger partial charge in [0, 0.05) is 21.5 Å². The van der Waals surface area contributed by atoms with E-state index in [1.807, 2.05) is 6.07 Å². The minimum Gasteiger partial charge on any atom is -0.494 e. The average molecular weight is 524 g/mol. The Morgan fingerprint density at radius 2 is 2.00 bits per heavy atom. The number of rotatable bonds is 8. The van der Waals surface area contributed by atoms with E-state index in [9.17, 15) is 19.5 Å². The molecular formula is C28H33N3O5S. The normalized spacial score (nSPS) is 18.0. The van der Waals surface area contributed by atoms with Gasteiger partial charge in [0.15, 0.2) is 5.75 Å². The summed E-state index contributed by atoms with van der Waals surface area (Å²) in [6, 6.07) is 3.38.